The quantitative estimate of drug-likeness (QED) is 0.597. The van der Waals surface area contributed by atoms with Crippen molar-refractivity contribution in [1.82, 2.24) is 9.55 Å². The van der Waals surface area contributed by atoms with Crippen molar-refractivity contribution >= 4 is 0 Å². The molecule has 1 aliphatic rings. The van der Waals surface area contributed by atoms with Gasteiger partial charge in [-0.05, 0) is 55.2 Å². The van der Waals surface area contributed by atoms with Gasteiger partial charge in [0, 0.05) is 31.7 Å². The monoisotopic (exact) mass is 434 g/mol. The second-order valence-corrected chi connectivity index (χ2v) is 7.45. The van der Waals surface area contributed by atoms with Gasteiger partial charge in [-0.3, -0.25) is 0 Å². The van der Waals surface area contributed by atoms with E-state index in [1.54, 1.807) is 13.1 Å². The number of aliphatic hydroxyl groups excluding tert-OH is 2. The molecule has 1 fully saturated rings. The molecule has 3 aromatic rings. The Balaban J connectivity index is 0.00000141. The van der Waals surface area contributed by atoms with Gasteiger partial charge in [0.25, 0.3) is 0 Å². The first-order valence-corrected chi connectivity index (χ1v) is 10.8. The third kappa shape index (κ3) is 6.44. The highest BCUT2D eigenvalue weighted by atomic mass is 16.5. The topological polar surface area (TPSA) is 76.7 Å². The van der Waals surface area contributed by atoms with Crippen LogP contribution in [0, 0.1) is 11.8 Å². The van der Waals surface area contributed by atoms with Gasteiger partial charge in [0.2, 0.25) is 0 Å². The summed E-state index contributed by atoms with van der Waals surface area (Å²) in [5.74, 6) is 7.82. The largest absolute Gasteiger partial charge is 0.488 e. The molecule has 0 spiro atoms. The van der Waals surface area contributed by atoms with Crippen molar-refractivity contribution in [3.05, 3.63) is 72.3 Å². The number of aromatic nitrogens is 2. The first-order chi connectivity index (χ1) is 15.7. The van der Waals surface area contributed by atoms with Crippen LogP contribution in [-0.2, 0) is 11.3 Å². The van der Waals surface area contributed by atoms with Crippen molar-refractivity contribution in [3.63, 3.8) is 0 Å². The van der Waals surface area contributed by atoms with Crippen LogP contribution in [0.5, 0.6) is 5.75 Å². The highest BCUT2D eigenvalue weighted by Crippen LogP contribution is 2.24. The van der Waals surface area contributed by atoms with Gasteiger partial charge in [-0.1, -0.05) is 36.1 Å². The van der Waals surface area contributed by atoms with E-state index in [0.29, 0.717) is 19.0 Å². The number of hydrogen-bond acceptors (Lipinski definition) is 5. The SMILES string of the molecule is CC(O)c1nccn1CC#Cc1ccc(-c2ccc(O[C@H]3CCCOC3)cc2)cc1.CO. The first-order valence-electron chi connectivity index (χ1n) is 10.8. The molecule has 32 heavy (non-hydrogen) atoms. The molecule has 2 N–H and O–H groups in total. The number of aliphatic hydroxyl groups is 2. The van der Waals surface area contributed by atoms with E-state index >= 15 is 0 Å². The van der Waals surface area contributed by atoms with Gasteiger partial charge < -0.3 is 24.3 Å². The summed E-state index contributed by atoms with van der Waals surface area (Å²) in [4.78, 5) is 4.16. The molecule has 0 amide bonds. The Hall–Kier alpha value is -3.11. The third-order valence-electron chi connectivity index (χ3n) is 5.10. The fourth-order valence-electron chi connectivity index (χ4n) is 3.52. The highest BCUT2D eigenvalue weighted by molar-refractivity contribution is 5.65. The summed E-state index contributed by atoms with van der Waals surface area (Å²) in [5, 5.41) is 16.7. The summed E-state index contributed by atoms with van der Waals surface area (Å²) in [6.07, 6.45) is 5.16. The molecule has 0 saturated carbocycles. The molecule has 1 aromatic heterocycles. The molecule has 2 atom stereocenters. The van der Waals surface area contributed by atoms with Crippen molar-refractivity contribution in [1.29, 1.82) is 0 Å². The summed E-state index contributed by atoms with van der Waals surface area (Å²) in [5.41, 5.74) is 3.23. The Morgan fingerprint density at radius 2 is 1.81 bits per heavy atom. The average Bonchev–Trinajstić information content (AvgIpc) is 3.31. The van der Waals surface area contributed by atoms with E-state index in [-0.39, 0.29) is 6.10 Å². The standard InChI is InChI=1S/C25H26N2O3.CH4O/c1-19(28)25-26-14-16-27(25)15-2-4-20-6-8-21(9-7-20)22-10-12-23(13-11-22)30-24-5-3-17-29-18-24;1-2/h6-14,16,19,24,28H,3,5,15,17-18H2,1H3;2H,1H3/t19?,24-;/m0./s1. The third-order valence-corrected chi connectivity index (χ3v) is 5.10. The van der Waals surface area contributed by atoms with Crippen LogP contribution in [0.4, 0.5) is 0 Å². The second-order valence-electron chi connectivity index (χ2n) is 7.45. The lowest BCUT2D eigenvalue weighted by Crippen LogP contribution is -2.27. The predicted octanol–water partition coefficient (Wildman–Crippen LogP) is 3.82. The van der Waals surface area contributed by atoms with Gasteiger partial charge in [0.15, 0.2) is 0 Å². The highest BCUT2D eigenvalue weighted by Gasteiger charge is 2.15. The Labute approximate surface area is 189 Å². The molecule has 2 aromatic carbocycles. The average molecular weight is 435 g/mol. The molecule has 2 heterocycles. The maximum Gasteiger partial charge on any atom is 0.138 e. The molecule has 1 unspecified atom stereocenters. The normalized spacial score (nSPS) is 16.2. The molecular weight excluding hydrogens is 404 g/mol. The second kappa shape index (κ2) is 12.1. The zero-order chi connectivity index (χ0) is 22.8. The van der Waals surface area contributed by atoms with E-state index in [2.05, 4.69) is 41.1 Å². The van der Waals surface area contributed by atoms with Crippen LogP contribution < -0.4 is 4.74 Å². The Kier molecular flexibility index (Phi) is 8.88. The molecule has 168 valence electrons. The van der Waals surface area contributed by atoms with Gasteiger partial charge >= 0.3 is 0 Å². The number of nitrogens with zero attached hydrogens (tertiary/aromatic N) is 2. The lowest BCUT2D eigenvalue weighted by atomic mass is 10.0. The lowest BCUT2D eigenvalue weighted by Gasteiger charge is -2.23. The molecule has 6 nitrogen and oxygen atoms in total. The molecule has 4 rings (SSSR count). The van der Waals surface area contributed by atoms with Gasteiger partial charge in [-0.15, -0.1) is 0 Å². The molecular formula is C26H30N2O4. The molecule has 1 saturated heterocycles. The Morgan fingerprint density at radius 1 is 1.12 bits per heavy atom. The minimum absolute atomic E-state index is 0.154. The van der Waals surface area contributed by atoms with Gasteiger partial charge in [-0.25, -0.2) is 4.98 Å². The first kappa shape index (κ1) is 23.6. The zero-order valence-electron chi connectivity index (χ0n) is 18.6. The van der Waals surface area contributed by atoms with Crippen molar-refractivity contribution in [2.75, 3.05) is 20.3 Å². The summed E-state index contributed by atoms with van der Waals surface area (Å²) in [6, 6.07) is 16.4. The maximum absolute atomic E-state index is 9.70. The lowest BCUT2D eigenvalue weighted by molar-refractivity contribution is 0.00744. The van der Waals surface area contributed by atoms with Crippen LogP contribution in [0.3, 0.4) is 0 Å². The molecule has 6 heteroatoms. The van der Waals surface area contributed by atoms with Crippen molar-refractivity contribution in [3.8, 4) is 28.7 Å². The maximum atomic E-state index is 9.70. The molecule has 0 aliphatic carbocycles. The van der Waals surface area contributed by atoms with E-state index < -0.39 is 6.10 Å². The number of ether oxygens (including phenoxy) is 2. The van der Waals surface area contributed by atoms with E-state index in [9.17, 15) is 5.11 Å². The van der Waals surface area contributed by atoms with Crippen LogP contribution in [-0.4, -0.2) is 46.2 Å². The fraction of sp³-hybridized carbons (Fsp3) is 0.346. The summed E-state index contributed by atoms with van der Waals surface area (Å²) >= 11 is 0. The van der Waals surface area contributed by atoms with Crippen LogP contribution in [0.15, 0.2) is 60.9 Å². The molecule has 0 bridgehead atoms. The number of hydrogen-bond donors (Lipinski definition) is 2. The van der Waals surface area contributed by atoms with Crippen LogP contribution in [0.1, 0.15) is 37.3 Å². The van der Waals surface area contributed by atoms with Crippen LogP contribution in [0.25, 0.3) is 11.1 Å². The Morgan fingerprint density at radius 3 is 2.44 bits per heavy atom. The number of imidazole rings is 1. The zero-order valence-corrected chi connectivity index (χ0v) is 18.6. The van der Waals surface area contributed by atoms with E-state index in [0.717, 1.165) is 49.0 Å². The summed E-state index contributed by atoms with van der Waals surface area (Å²) < 4.78 is 13.3. The van der Waals surface area contributed by atoms with E-state index in [1.807, 2.05) is 35.0 Å². The summed E-state index contributed by atoms with van der Waals surface area (Å²) in [6.45, 7) is 3.71. The number of benzene rings is 2. The van der Waals surface area contributed by atoms with Crippen molar-refractivity contribution < 1.29 is 19.7 Å². The van der Waals surface area contributed by atoms with Crippen LogP contribution >= 0.6 is 0 Å². The van der Waals surface area contributed by atoms with Gasteiger partial charge in [0.05, 0.1) is 13.2 Å². The van der Waals surface area contributed by atoms with Crippen LogP contribution in [0.2, 0.25) is 0 Å². The predicted molar refractivity (Wildman–Crippen MR) is 124 cm³/mol. The number of rotatable bonds is 5. The summed E-state index contributed by atoms with van der Waals surface area (Å²) in [7, 11) is 1.00. The minimum atomic E-state index is -0.603. The minimum Gasteiger partial charge on any atom is -0.488 e. The van der Waals surface area contributed by atoms with E-state index in [4.69, 9.17) is 14.6 Å². The van der Waals surface area contributed by atoms with Crippen molar-refractivity contribution in [2.45, 2.75) is 38.5 Å². The fourth-order valence-corrected chi connectivity index (χ4v) is 3.52. The van der Waals surface area contributed by atoms with Gasteiger partial charge in [-0.2, -0.15) is 0 Å². The van der Waals surface area contributed by atoms with Crippen molar-refractivity contribution in [2.24, 2.45) is 0 Å². The van der Waals surface area contributed by atoms with Gasteiger partial charge in [0.1, 0.15) is 23.8 Å². The molecule has 0 radical (unpaired) electrons. The Bertz CT molecular complexity index is 1010. The smallest absolute Gasteiger partial charge is 0.138 e. The molecule has 1 aliphatic heterocycles. The van der Waals surface area contributed by atoms with E-state index in [1.165, 1.54) is 0 Å².